The molecule has 5 heteroatoms. The van der Waals surface area contributed by atoms with Crippen LogP contribution in [0.15, 0.2) is 52.2 Å². The molecule has 1 aromatic heterocycles. The molecule has 0 aliphatic heterocycles. The molecule has 2 rings (SSSR count). The zero-order valence-corrected chi connectivity index (χ0v) is 12.8. The van der Waals surface area contributed by atoms with E-state index in [0.29, 0.717) is 5.56 Å². The Hall–Kier alpha value is -2.69. The van der Waals surface area contributed by atoms with Crippen molar-refractivity contribution in [2.45, 2.75) is 20.3 Å². The van der Waals surface area contributed by atoms with Gasteiger partial charge in [0.05, 0.1) is 11.8 Å². The summed E-state index contributed by atoms with van der Waals surface area (Å²) in [6.07, 6.45) is 7.81. The van der Waals surface area contributed by atoms with E-state index >= 15 is 0 Å². The van der Waals surface area contributed by atoms with Crippen LogP contribution in [0.25, 0.3) is 10.9 Å². The van der Waals surface area contributed by atoms with Crippen LogP contribution in [-0.2, 0) is 0 Å². The molecule has 118 valence electrons. The maximum absolute atomic E-state index is 12.2. The monoisotopic (exact) mass is 300 g/mol. The fourth-order valence-corrected chi connectivity index (χ4v) is 2.00. The van der Waals surface area contributed by atoms with E-state index in [-0.39, 0.29) is 8.76 Å². The molecule has 1 aromatic carbocycles. The molecule has 0 aliphatic carbocycles. The Morgan fingerprint density at radius 1 is 1.36 bits per heavy atom. The molecule has 0 atom stereocenters. The number of carbonyl (C=O) groups excluding carboxylic acids is 1. The predicted molar refractivity (Wildman–Crippen MR) is 95.9 cm³/mol. The molecule has 0 saturated carbocycles. The number of rotatable bonds is 6. The molecular weight excluding hydrogens is 276 g/mol. The fraction of sp³-hybridized carbons (Fsp3) is 0.235. The number of hydrogen-bond donors (Lipinski definition) is 2. The normalized spacial score (nSPS) is 12.5. The molecule has 0 fully saturated rings. The smallest absolute Gasteiger partial charge is 0.273 e. The van der Waals surface area contributed by atoms with Crippen LogP contribution in [0.3, 0.4) is 0 Å². The lowest BCUT2D eigenvalue weighted by molar-refractivity contribution is 0.0957. The summed E-state index contributed by atoms with van der Waals surface area (Å²) < 4.78 is 0. The van der Waals surface area contributed by atoms with Gasteiger partial charge in [-0.2, -0.15) is 5.10 Å². The van der Waals surface area contributed by atoms with Gasteiger partial charge in [0.2, 0.25) is 0 Å². The van der Waals surface area contributed by atoms with Gasteiger partial charge in [-0.1, -0.05) is 25.1 Å². The van der Waals surface area contributed by atoms with Crippen LogP contribution in [-0.4, -0.2) is 29.9 Å². The average Bonchev–Trinajstić information content (AvgIpc) is 2.97. The minimum Gasteiger partial charge on any atom is -0.360 e. The maximum atomic E-state index is 12.2. The van der Waals surface area contributed by atoms with E-state index in [1.165, 1.54) is 0 Å². The zero-order chi connectivity index (χ0) is 15.8. The number of hydrogen-bond acceptors (Lipinski definition) is 3. The van der Waals surface area contributed by atoms with Crippen molar-refractivity contribution in [3.63, 3.8) is 0 Å². The van der Waals surface area contributed by atoms with E-state index in [2.05, 4.69) is 20.5 Å². The number of nitrogens with zero attached hydrogens (tertiary/aromatic N) is 2. The Bertz CT molecular complexity index is 735. The lowest BCUT2D eigenvalue weighted by Gasteiger charge is -1.99. The van der Waals surface area contributed by atoms with Crippen molar-refractivity contribution in [3.05, 3.63) is 47.7 Å². The van der Waals surface area contributed by atoms with Crippen LogP contribution in [0.1, 0.15) is 33.5 Å². The Kier molecular flexibility index (Phi) is 5.65. The van der Waals surface area contributed by atoms with Crippen molar-refractivity contribution < 1.29 is 7.65 Å². The quantitative estimate of drug-likeness (QED) is 0.618. The minimum atomic E-state index is -0.230. The van der Waals surface area contributed by atoms with Crippen molar-refractivity contribution in [1.82, 2.24) is 10.4 Å². The van der Waals surface area contributed by atoms with Gasteiger partial charge in [-0.3, -0.25) is 9.79 Å². The number of allylic oxidation sites excluding steroid dienone is 2. The van der Waals surface area contributed by atoms with Gasteiger partial charge in [0.15, 0.2) is 0 Å². The lowest BCUT2D eigenvalue weighted by atomic mass is 10.2. The van der Waals surface area contributed by atoms with Crippen LogP contribution in [0.4, 0.5) is 0 Å². The van der Waals surface area contributed by atoms with Crippen molar-refractivity contribution in [3.8, 4) is 0 Å². The van der Waals surface area contributed by atoms with Crippen LogP contribution in [0.5, 0.6) is 0 Å². The van der Waals surface area contributed by atoms with E-state index in [9.17, 15) is 4.79 Å². The van der Waals surface area contributed by atoms with Crippen molar-refractivity contribution in [1.29, 1.82) is 0 Å². The Balaban J connectivity index is 0.00000264. The minimum absolute atomic E-state index is 0. The standard InChI is InChI=1S/C17H20N4O.2H2/c1-3-13(9-10-18-4-2)11-20-21-17(22)15-12-19-16-8-6-5-7-14(15)16;;/h5-12,19H,3-4H2,1-2H3,(H,21,22);2*1H/b13-9+,18-10?,20-11+;;. The summed E-state index contributed by atoms with van der Waals surface area (Å²) in [6.45, 7) is 4.76. The molecule has 1 heterocycles. The highest BCUT2D eigenvalue weighted by Crippen LogP contribution is 2.17. The Morgan fingerprint density at radius 2 is 2.18 bits per heavy atom. The van der Waals surface area contributed by atoms with Crippen molar-refractivity contribution in [2.75, 3.05) is 6.54 Å². The molecule has 2 N–H and O–H groups in total. The van der Waals surface area contributed by atoms with Gasteiger partial charge in [-0.25, -0.2) is 5.43 Å². The molecule has 0 spiro atoms. The van der Waals surface area contributed by atoms with Gasteiger partial charge in [-0.05, 0) is 31.1 Å². The number of aromatic amines is 1. The maximum Gasteiger partial charge on any atom is 0.273 e. The fourth-order valence-electron chi connectivity index (χ4n) is 2.00. The van der Waals surface area contributed by atoms with Gasteiger partial charge in [0.25, 0.3) is 5.91 Å². The summed E-state index contributed by atoms with van der Waals surface area (Å²) in [5.74, 6) is -0.230. The molecule has 1 amide bonds. The third-order valence-electron chi connectivity index (χ3n) is 3.22. The lowest BCUT2D eigenvalue weighted by Crippen LogP contribution is -2.17. The predicted octanol–water partition coefficient (Wildman–Crippen LogP) is 3.80. The second-order valence-electron chi connectivity index (χ2n) is 4.69. The van der Waals surface area contributed by atoms with Gasteiger partial charge < -0.3 is 4.98 Å². The van der Waals surface area contributed by atoms with Crippen molar-refractivity contribution in [2.24, 2.45) is 10.1 Å². The first kappa shape index (κ1) is 15.7. The Morgan fingerprint density at radius 3 is 2.95 bits per heavy atom. The van der Waals surface area contributed by atoms with Crippen molar-refractivity contribution >= 4 is 29.2 Å². The number of fused-ring (bicyclic) bond motifs is 1. The molecule has 0 bridgehead atoms. The van der Waals surface area contributed by atoms with Gasteiger partial charge in [-0.15, -0.1) is 0 Å². The van der Waals surface area contributed by atoms with Gasteiger partial charge in [0, 0.05) is 32.7 Å². The third kappa shape index (κ3) is 3.91. The SMILES string of the molecule is CCN=C/C=C(/C=N/NC(=O)c1c[nH]c2ccccc12)CC.[HH].[HH]. The van der Waals surface area contributed by atoms with Crippen LogP contribution >= 0.6 is 0 Å². The largest absolute Gasteiger partial charge is 0.360 e. The van der Waals surface area contributed by atoms with Gasteiger partial charge >= 0.3 is 0 Å². The number of H-pyrrole nitrogens is 1. The van der Waals surface area contributed by atoms with Gasteiger partial charge in [0.1, 0.15) is 0 Å². The third-order valence-corrected chi connectivity index (χ3v) is 3.22. The highest BCUT2D eigenvalue weighted by Gasteiger charge is 2.10. The first-order valence-corrected chi connectivity index (χ1v) is 7.34. The Labute approximate surface area is 132 Å². The topological polar surface area (TPSA) is 69.6 Å². The highest BCUT2D eigenvalue weighted by atomic mass is 16.2. The van der Waals surface area contributed by atoms with E-state index in [1.54, 1.807) is 18.6 Å². The number of amides is 1. The number of aliphatic imine (C=N–C) groups is 1. The van der Waals surface area contributed by atoms with Crippen LogP contribution in [0.2, 0.25) is 0 Å². The first-order valence-electron chi connectivity index (χ1n) is 7.34. The molecule has 5 nitrogen and oxygen atoms in total. The summed E-state index contributed by atoms with van der Waals surface area (Å²) in [4.78, 5) is 19.4. The highest BCUT2D eigenvalue weighted by molar-refractivity contribution is 6.06. The van der Waals surface area contributed by atoms with E-state index < -0.39 is 0 Å². The van der Waals surface area contributed by atoms with E-state index in [0.717, 1.165) is 29.4 Å². The number of hydrazone groups is 1. The number of para-hydroxylation sites is 1. The van der Waals surface area contributed by atoms with E-state index in [1.807, 2.05) is 44.2 Å². The summed E-state index contributed by atoms with van der Waals surface area (Å²) >= 11 is 0. The molecule has 0 unspecified atom stereocenters. The molecule has 22 heavy (non-hydrogen) atoms. The molecule has 0 radical (unpaired) electrons. The molecule has 0 saturated heterocycles. The van der Waals surface area contributed by atoms with Crippen LogP contribution in [0, 0.1) is 0 Å². The zero-order valence-electron chi connectivity index (χ0n) is 12.8. The summed E-state index contributed by atoms with van der Waals surface area (Å²) in [5.41, 5.74) is 5.07. The number of carbonyl (C=O) groups is 1. The number of aromatic nitrogens is 1. The summed E-state index contributed by atoms with van der Waals surface area (Å²) in [6, 6.07) is 7.67. The molecule has 0 aliphatic rings. The summed E-state index contributed by atoms with van der Waals surface area (Å²) in [5, 5.41) is 4.90. The second-order valence-corrected chi connectivity index (χ2v) is 4.69. The number of benzene rings is 1. The first-order chi connectivity index (χ1) is 10.8. The summed E-state index contributed by atoms with van der Waals surface area (Å²) in [7, 11) is 0. The molecule has 2 aromatic rings. The van der Waals surface area contributed by atoms with E-state index in [4.69, 9.17) is 0 Å². The average molecular weight is 300 g/mol. The van der Waals surface area contributed by atoms with Crippen LogP contribution < -0.4 is 5.43 Å². The molecular formula is C17H24N4O. The number of nitrogens with one attached hydrogen (secondary N) is 2. The second kappa shape index (κ2) is 7.93.